The lowest BCUT2D eigenvalue weighted by atomic mass is 10.2. The maximum atomic E-state index is 11.8. The molecule has 0 spiro atoms. The zero-order chi connectivity index (χ0) is 16.3. The van der Waals surface area contributed by atoms with Crippen LogP contribution in [0.1, 0.15) is 11.1 Å². The molecule has 1 aliphatic heterocycles. The van der Waals surface area contributed by atoms with Gasteiger partial charge in [0, 0.05) is 23.9 Å². The Kier molecular flexibility index (Phi) is 4.34. The summed E-state index contributed by atoms with van der Waals surface area (Å²) in [7, 11) is -3.26. The molecular weight excluding hydrogens is 312 g/mol. The summed E-state index contributed by atoms with van der Waals surface area (Å²) in [5, 5.41) is 3.22. The molecule has 120 valence electrons. The van der Waals surface area contributed by atoms with Gasteiger partial charge in [0.25, 0.3) is 0 Å². The fourth-order valence-electron chi connectivity index (χ4n) is 2.45. The lowest BCUT2D eigenvalue weighted by molar-refractivity contribution is 0.303. The Hall–Kier alpha value is -2.34. The van der Waals surface area contributed by atoms with Gasteiger partial charge in [0.15, 0.2) is 9.84 Å². The summed E-state index contributed by atoms with van der Waals surface area (Å²) in [5.74, 6) is 1.59. The van der Waals surface area contributed by atoms with Crippen molar-refractivity contribution in [1.29, 1.82) is 0 Å². The molecule has 3 rings (SSSR count). The van der Waals surface area contributed by atoms with Crippen LogP contribution in [0.5, 0.6) is 5.75 Å². The minimum absolute atomic E-state index is 0.210. The van der Waals surface area contributed by atoms with Crippen molar-refractivity contribution >= 4 is 15.7 Å². The van der Waals surface area contributed by atoms with Crippen LogP contribution in [0.25, 0.3) is 0 Å². The fraction of sp³-hybridized carbons (Fsp3) is 0.235. The van der Waals surface area contributed by atoms with Crippen LogP contribution in [-0.2, 0) is 16.4 Å². The van der Waals surface area contributed by atoms with Gasteiger partial charge in [0.05, 0.1) is 11.4 Å². The number of sulfone groups is 1. The molecule has 0 aliphatic carbocycles. The van der Waals surface area contributed by atoms with Gasteiger partial charge in [0.2, 0.25) is 0 Å². The van der Waals surface area contributed by atoms with Crippen molar-refractivity contribution in [3.05, 3.63) is 59.7 Å². The van der Waals surface area contributed by atoms with E-state index in [0.717, 1.165) is 24.5 Å². The largest absolute Gasteiger partial charge is 0.489 e. The number of hydrogen-bond acceptors (Lipinski definition) is 5. The predicted octanol–water partition coefficient (Wildman–Crippen LogP) is 2.02. The Balaban J connectivity index is 1.72. The number of nitrogens with zero attached hydrogens (tertiary/aromatic N) is 1. The minimum atomic E-state index is -3.26. The second-order valence-corrected chi connectivity index (χ2v) is 7.33. The first-order valence-electron chi connectivity index (χ1n) is 7.33. The number of aliphatic imine (C=N–C) groups is 1. The van der Waals surface area contributed by atoms with Crippen LogP contribution in [0.2, 0.25) is 0 Å². The average Bonchev–Trinajstić information content (AvgIpc) is 3.07. The Morgan fingerprint density at radius 2 is 1.87 bits per heavy atom. The first-order valence-corrected chi connectivity index (χ1v) is 9.23. The average molecular weight is 330 g/mol. The number of benzene rings is 2. The van der Waals surface area contributed by atoms with Gasteiger partial charge < -0.3 is 10.1 Å². The van der Waals surface area contributed by atoms with Crippen LogP contribution in [0.3, 0.4) is 0 Å². The van der Waals surface area contributed by atoms with E-state index in [1.54, 1.807) is 24.3 Å². The van der Waals surface area contributed by atoms with Gasteiger partial charge in [-0.15, -0.1) is 0 Å². The normalized spacial score (nSPS) is 14.2. The summed E-state index contributed by atoms with van der Waals surface area (Å²) < 4.78 is 29.3. The minimum Gasteiger partial charge on any atom is -0.489 e. The van der Waals surface area contributed by atoms with Gasteiger partial charge in [-0.2, -0.15) is 0 Å². The highest BCUT2D eigenvalue weighted by molar-refractivity contribution is 7.90. The van der Waals surface area contributed by atoms with E-state index >= 15 is 0 Å². The molecule has 0 radical (unpaired) electrons. The standard InChI is InChI=1S/C17H18N2O3S/c1-23(20,21)16-5-3-2-4-14(16)12-22-15-8-6-13(7-9-15)17-18-10-11-19-17/h2-9H,10-12H2,1H3,(H,18,19). The summed E-state index contributed by atoms with van der Waals surface area (Å²) in [6.07, 6.45) is 1.20. The van der Waals surface area contributed by atoms with Crippen molar-refractivity contribution in [3.8, 4) is 5.75 Å². The molecule has 0 aromatic heterocycles. The number of nitrogens with one attached hydrogen (secondary N) is 1. The molecule has 0 fully saturated rings. The summed E-state index contributed by atoms with van der Waals surface area (Å²) in [4.78, 5) is 4.67. The summed E-state index contributed by atoms with van der Waals surface area (Å²) in [6.45, 7) is 1.88. The van der Waals surface area contributed by atoms with E-state index in [1.807, 2.05) is 24.3 Å². The second kappa shape index (κ2) is 6.42. The van der Waals surface area contributed by atoms with Crippen LogP contribution in [0, 0.1) is 0 Å². The van der Waals surface area contributed by atoms with Gasteiger partial charge in [0.1, 0.15) is 18.2 Å². The first-order chi connectivity index (χ1) is 11.0. The molecule has 0 amide bonds. The summed E-state index contributed by atoms with van der Waals surface area (Å²) >= 11 is 0. The van der Waals surface area contributed by atoms with Gasteiger partial charge in [-0.1, -0.05) is 18.2 Å². The van der Waals surface area contributed by atoms with E-state index in [4.69, 9.17) is 4.74 Å². The van der Waals surface area contributed by atoms with E-state index in [-0.39, 0.29) is 6.61 Å². The van der Waals surface area contributed by atoms with Crippen molar-refractivity contribution in [2.75, 3.05) is 19.3 Å². The van der Waals surface area contributed by atoms with Gasteiger partial charge in [-0.05, 0) is 30.3 Å². The number of rotatable bonds is 5. The smallest absolute Gasteiger partial charge is 0.175 e. The molecule has 23 heavy (non-hydrogen) atoms. The Bertz CT molecular complexity index is 827. The van der Waals surface area contributed by atoms with Crippen LogP contribution < -0.4 is 10.1 Å². The first kappa shape index (κ1) is 15.6. The van der Waals surface area contributed by atoms with Gasteiger partial charge >= 0.3 is 0 Å². The molecule has 1 N–H and O–H groups in total. The quantitative estimate of drug-likeness (QED) is 0.911. The van der Waals surface area contributed by atoms with E-state index in [0.29, 0.717) is 16.2 Å². The molecule has 0 bridgehead atoms. The third-order valence-electron chi connectivity index (χ3n) is 3.57. The molecule has 1 aliphatic rings. The highest BCUT2D eigenvalue weighted by atomic mass is 32.2. The van der Waals surface area contributed by atoms with E-state index in [1.165, 1.54) is 6.26 Å². The maximum Gasteiger partial charge on any atom is 0.175 e. The third-order valence-corrected chi connectivity index (χ3v) is 4.77. The van der Waals surface area contributed by atoms with Crippen LogP contribution in [0.4, 0.5) is 0 Å². The second-order valence-electron chi connectivity index (χ2n) is 5.35. The molecule has 2 aromatic carbocycles. The van der Waals surface area contributed by atoms with E-state index in [2.05, 4.69) is 10.3 Å². The maximum absolute atomic E-state index is 11.8. The lowest BCUT2D eigenvalue weighted by Crippen LogP contribution is -2.19. The van der Waals surface area contributed by atoms with E-state index < -0.39 is 9.84 Å². The number of amidine groups is 1. The summed E-state index contributed by atoms with van der Waals surface area (Å²) in [5.41, 5.74) is 1.67. The molecular formula is C17H18N2O3S. The van der Waals surface area contributed by atoms with Crippen LogP contribution >= 0.6 is 0 Å². The zero-order valence-corrected chi connectivity index (χ0v) is 13.6. The molecule has 0 unspecified atom stereocenters. The van der Waals surface area contributed by atoms with Crippen LogP contribution in [0.15, 0.2) is 58.4 Å². The Labute approximate surface area is 135 Å². The number of ether oxygens (including phenoxy) is 1. The molecule has 5 nitrogen and oxygen atoms in total. The van der Waals surface area contributed by atoms with Gasteiger partial charge in [-0.3, -0.25) is 4.99 Å². The third kappa shape index (κ3) is 3.71. The monoisotopic (exact) mass is 330 g/mol. The van der Waals surface area contributed by atoms with Crippen molar-refractivity contribution in [3.63, 3.8) is 0 Å². The molecule has 6 heteroatoms. The summed E-state index contributed by atoms with van der Waals surface area (Å²) in [6, 6.07) is 14.5. The Morgan fingerprint density at radius 3 is 2.52 bits per heavy atom. The predicted molar refractivity (Wildman–Crippen MR) is 89.7 cm³/mol. The number of hydrogen-bond donors (Lipinski definition) is 1. The lowest BCUT2D eigenvalue weighted by Gasteiger charge is -2.10. The molecule has 0 saturated carbocycles. The fourth-order valence-corrected chi connectivity index (χ4v) is 3.38. The zero-order valence-electron chi connectivity index (χ0n) is 12.8. The van der Waals surface area contributed by atoms with Crippen molar-refractivity contribution in [2.24, 2.45) is 4.99 Å². The van der Waals surface area contributed by atoms with Gasteiger partial charge in [-0.25, -0.2) is 8.42 Å². The molecule has 0 atom stereocenters. The molecule has 2 aromatic rings. The highest BCUT2D eigenvalue weighted by Crippen LogP contribution is 2.19. The van der Waals surface area contributed by atoms with Crippen molar-refractivity contribution in [1.82, 2.24) is 5.32 Å². The topological polar surface area (TPSA) is 67.8 Å². The highest BCUT2D eigenvalue weighted by Gasteiger charge is 2.13. The van der Waals surface area contributed by atoms with Crippen LogP contribution in [-0.4, -0.2) is 33.6 Å². The molecule has 1 heterocycles. The van der Waals surface area contributed by atoms with E-state index in [9.17, 15) is 8.42 Å². The molecule has 0 saturated heterocycles. The SMILES string of the molecule is CS(=O)(=O)c1ccccc1COc1ccc(C2=NCCN2)cc1. The van der Waals surface area contributed by atoms with Crippen molar-refractivity contribution in [2.45, 2.75) is 11.5 Å². The van der Waals surface area contributed by atoms with Crippen molar-refractivity contribution < 1.29 is 13.2 Å². The Morgan fingerprint density at radius 1 is 1.13 bits per heavy atom.